The van der Waals surface area contributed by atoms with Gasteiger partial charge in [-0.05, 0) is 87.7 Å². The molecule has 2 heterocycles. The summed E-state index contributed by atoms with van der Waals surface area (Å²) in [6.45, 7) is 11.5. The fourth-order valence-corrected chi connectivity index (χ4v) is 7.85. The molecule has 0 aliphatic carbocycles. The number of nitrogens with one attached hydrogen (secondary N) is 1. The Hall–Kier alpha value is -3.72. The molecule has 1 saturated heterocycles. The largest absolute Gasteiger partial charge is 0.493 e. The monoisotopic (exact) mass is 772 g/mol. The first kappa shape index (κ1) is 39.5. The van der Waals surface area contributed by atoms with Gasteiger partial charge in [0.2, 0.25) is 5.91 Å². The number of urea groups is 1. The number of ether oxygens (including phenoxy) is 1. The van der Waals surface area contributed by atoms with Crippen molar-refractivity contribution in [2.24, 2.45) is 4.99 Å². The highest BCUT2D eigenvalue weighted by atomic mass is 35.5. The Morgan fingerprint density at radius 3 is 2.08 bits per heavy atom. The predicted octanol–water partition coefficient (Wildman–Crippen LogP) is 6.08. The highest BCUT2D eigenvalue weighted by Crippen LogP contribution is 2.46. The minimum absolute atomic E-state index is 0.0227. The summed E-state index contributed by atoms with van der Waals surface area (Å²) in [5.41, 5.74) is 1.97. The highest BCUT2D eigenvalue weighted by Gasteiger charge is 2.45. The van der Waals surface area contributed by atoms with Crippen molar-refractivity contribution < 1.29 is 27.6 Å². The Labute approximate surface area is 316 Å². The van der Waals surface area contributed by atoms with E-state index in [9.17, 15) is 18.0 Å². The normalized spacial score (nSPS) is 18.5. The third-order valence-corrected chi connectivity index (χ3v) is 11.2. The van der Waals surface area contributed by atoms with Crippen LogP contribution in [0.15, 0.2) is 70.6 Å². The Kier molecular flexibility index (Phi) is 12.2. The molecule has 52 heavy (non-hydrogen) atoms. The van der Waals surface area contributed by atoms with Gasteiger partial charge in [-0.25, -0.2) is 13.2 Å². The van der Waals surface area contributed by atoms with Gasteiger partial charge < -0.3 is 15.0 Å². The van der Waals surface area contributed by atoms with E-state index in [0.29, 0.717) is 53.1 Å². The van der Waals surface area contributed by atoms with Crippen LogP contribution in [0.5, 0.6) is 5.75 Å². The van der Waals surface area contributed by atoms with E-state index in [-0.39, 0.29) is 41.4 Å². The van der Waals surface area contributed by atoms with Crippen molar-refractivity contribution in [3.05, 3.63) is 93.0 Å². The van der Waals surface area contributed by atoms with Crippen molar-refractivity contribution in [1.29, 1.82) is 0 Å². The lowest BCUT2D eigenvalue weighted by molar-refractivity contribution is -0.124. The van der Waals surface area contributed by atoms with E-state index in [4.69, 9.17) is 37.8 Å². The number of benzene rings is 3. The Bertz CT molecular complexity index is 1910. The fraction of sp³-hybridized carbons (Fsp3) is 0.432. The van der Waals surface area contributed by atoms with Crippen molar-refractivity contribution in [1.82, 2.24) is 24.5 Å². The molecule has 3 amide bonds. The van der Waals surface area contributed by atoms with Crippen molar-refractivity contribution in [3.8, 4) is 5.75 Å². The van der Waals surface area contributed by atoms with Gasteiger partial charge in [-0.15, -0.1) is 0 Å². The van der Waals surface area contributed by atoms with Crippen molar-refractivity contribution in [2.45, 2.75) is 57.1 Å². The molecule has 3 aromatic rings. The lowest BCUT2D eigenvalue weighted by atomic mass is 9.93. The minimum Gasteiger partial charge on any atom is -0.493 e. The highest BCUT2D eigenvalue weighted by molar-refractivity contribution is 7.89. The average Bonchev–Trinajstić information content (AvgIpc) is 3.48. The number of sulfonamides is 1. The van der Waals surface area contributed by atoms with E-state index in [2.05, 4.69) is 5.32 Å². The molecule has 0 bridgehead atoms. The number of hydrogen-bond donors (Lipinski definition) is 1. The molecule has 2 aliphatic heterocycles. The summed E-state index contributed by atoms with van der Waals surface area (Å²) in [7, 11) is -1.53. The second-order valence-corrected chi connectivity index (χ2v) is 16.6. The fourth-order valence-electron chi connectivity index (χ4n) is 6.39. The Morgan fingerprint density at radius 2 is 1.54 bits per heavy atom. The summed E-state index contributed by atoms with van der Waals surface area (Å²) in [5, 5.41) is 4.08. The maximum absolute atomic E-state index is 15.0. The molecule has 0 unspecified atom stereocenters. The first-order chi connectivity index (χ1) is 24.5. The maximum Gasteiger partial charge on any atom is 0.326 e. The standard InChI is InChI=1S/C37H46Cl2N6O6S/c1-8-51-30-21-24(2)31(52(48,49)42(6)50-7)22-29(30)35-40-33(25-9-13-27(38)14-10-25)34(26-11-15-28(39)16-12-26)45(35)36(47)44-19-17-43(18-20-44)23-32(46)41-37(3,4)5/h9-16,21-22,33-34H,8,17-20,23H2,1-7H3,(H,41,46)/t33-,34+/m0/s1. The van der Waals surface area contributed by atoms with Crippen LogP contribution in [0.2, 0.25) is 10.0 Å². The molecule has 0 saturated carbocycles. The lowest BCUT2D eigenvalue weighted by Crippen LogP contribution is -2.56. The van der Waals surface area contributed by atoms with Crippen LogP contribution in [0, 0.1) is 6.92 Å². The van der Waals surface area contributed by atoms with Crippen LogP contribution in [0.1, 0.15) is 62.0 Å². The molecule has 2 aliphatic rings. The van der Waals surface area contributed by atoms with Crippen LogP contribution in [-0.2, 0) is 19.7 Å². The van der Waals surface area contributed by atoms with Gasteiger partial charge in [0.15, 0.2) is 0 Å². The molecule has 0 aromatic heterocycles. The zero-order chi connectivity index (χ0) is 38.0. The van der Waals surface area contributed by atoms with Crippen LogP contribution >= 0.6 is 23.2 Å². The number of carbonyl (C=O) groups excluding carboxylic acids is 2. The van der Waals surface area contributed by atoms with Crippen LogP contribution < -0.4 is 10.1 Å². The lowest BCUT2D eigenvalue weighted by Gasteiger charge is -2.39. The van der Waals surface area contributed by atoms with Gasteiger partial charge in [0.25, 0.3) is 10.0 Å². The Morgan fingerprint density at radius 1 is 0.962 bits per heavy atom. The molecular formula is C37H46Cl2N6O6S. The van der Waals surface area contributed by atoms with Crippen molar-refractivity contribution in [2.75, 3.05) is 53.5 Å². The van der Waals surface area contributed by atoms with Gasteiger partial charge >= 0.3 is 6.03 Å². The van der Waals surface area contributed by atoms with Crippen molar-refractivity contribution >= 4 is 51.0 Å². The number of amides is 3. The number of carbonyl (C=O) groups is 2. The molecule has 15 heteroatoms. The van der Waals surface area contributed by atoms with E-state index in [0.717, 1.165) is 15.6 Å². The first-order valence-corrected chi connectivity index (χ1v) is 19.2. The molecule has 280 valence electrons. The summed E-state index contributed by atoms with van der Waals surface area (Å²) in [6.07, 6.45) is 0. The van der Waals surface area contributed by atoms with E-state index < -0.39 is 22.1 Å². The summed E-state index contributed by atoms with van der Waals surface area (Å²) < 4.78 is 34.2. The van der Waals surface area contributed by atoms with Gasteiger partial charge in [0.05, 0.1) is 36.8 Å². The van der Waals surface area contributed by atoms with Gasteiger partial charge in [-0.1, -0.05) is 51.9 Å². The van der Waals surface area contributed by atoms with E-state index in [1.165, 1.54) is 20.2 Å². The molecule has 5 rings (SSSR count). The smallest absolute Gasteiger partial charge is 0.326 e. The van der Waals surface area contributed by atoms with Crippen LogP contribution in [0.4, 0.5) is 4.79 Å². The molecular weight excluding hydrogens is 727 g/mol. The third kappa shape index (κ3) is 8.73. The summed E-state index contributed by atoms with van der Waals surface area (Å²) >= 11 is 12.6. The first-order valence-electron chi connectivity index (χ1n) is 17.0. The zero-order valence-corrected chi connectivity index (χ0v) is 32.8. The molecule has 12 nitrogen and oxygen atoms in total. The van der Waals surface area contributed by atoms with Crippen LogP contribution in [0.25, 0.3) is 0 Å². The van der Waals surface area contributed by atoms with Gasteiger partial charge in [-0.2, -0.15) is 0 Å². The number of aryl methyl sites for hydroxylation is 1. The Balaban J connectivity index is 1.64. The van der Waals surface area contributed by atoms with Gasteiger partial charge in [0, 0.05) is 48.8 Å². The molecule has 0 radical (unpaired) electrons. The number of hydroxylamine groups is 1. The number of rotatable bonds is 10. The number of nitrogens with zero attached hydrogens (tertiary/aromatic N) is 5. The van der Waals surface area contributed by atoms with E-state index in [1.54, 1.807) is 47.1 Å². The molecule has 3 aromatic carbocycles. The molecule has 1 fully saturated rings. The second-order valence-electron chi connectivity index (χ2n) is 13.8. The number of halogens is 2. The second kappa shape index (κ2) is 16.1. The SMILES string of the molecule is CCOc1cc(C)c(S(=O)(=O)N(C)OC)cc1C1=N[C@@H](c2ccc(Cl)cc2)[C@@H](c2ccc(Cl)cc2)N1C(=O)N1CCN(CC(=O)NC(C)(C)C)CC1. The van der Waals surface area contributed by atoms with E-state index in [1.807, 2.05) is 56.9 Å². The zero-order valence-electron chi connectivity index (χ0n) is 30.5. The van der Waals surface area contributed by atoms with Gasteiger partial charge in [0.1, 0.15) is 17.6 Å². The average molecular weight is 774 g/mol. The minimum atomic E-state index is -4.11. The van der Waals surface area contributed by atoms with Crippen molar-refractivity contribution in [3.63, 3.8) is 0 Å². The van der Waals surface area contributed by atoms with Crippen LogP contribution in [-0.4, -0.2) is 104 Å². The molecule has 2 atom stereocenters. The van der Waals surface area contributed by atoms with Crippen LogP contribution in [0.3, 0.4) is 0 Å². The quantitative estimate of drug-likeness (QED) is 0.248. The van der Waals surface area contributed by atoms with Gasteiger partial charge in [-0.3, -0.25) is 24.4 Å². The molecule has 1 N–H and O–H groups in total. The number of hydrogen-bond acceptors (Lipinski definition) is 8. The third-order valence-electron chi connectivity index (χ3n) is 8.91. The molecule has 0 spiro atoms. The maximum atomic E-state index is 15.0. The summed E-state index contributed by atoms with van der Waals surface area (Å²) in [4.78, 5) is 43.4. The summed E-state index contributed by atoms with van der Waals surface area (Å²) in [5.74, 6) is 0.538. The summed E-state index contributed by atoms with van der Waals surface area (Å²) in [6, 6.07) is 16.1. The number of amidine groups is 1. The predicted molar refractivity (Wildman–Crippen MR) is 202 cm³/mol. The van der Waals surface area contributed by atoms with E-state index >= 15 is 0 Å². The topological polar surface area (TPSA) is 124 Å². The number of aliphatic imine (C=N–C) groups is 1. The number of piperazine rings is 1.